The summed E-state index contributed by atoms with van der Waals surface area (Å²) < 4.78 is 5.27. The lowest BCUT2D eigenvalue weighted by atomic mass is 9.86. The Bertz CT molecular complexity index is 408. The molecule has 19 heavy (non-hydrogen) atoms. The van der Waals surface area contributed by atoms with Crippen molar-refractivity contribution in [3.63, 3.8) is 0 Å². The van der Waals surface area contributed by atoms with Crippen molar-refractivity contribution in [2.45, 2.75) is 58.4 Å². The summed E-state index contributed by atoms with van der Waals surface area (Å²) in [7, 11) is 1.66. The van der Waals surface area contributed by atoms with E-state index in [2.05, 4.69) is 29.1 Å². The summed E-state index contributed by atoms with van der Waals surface area (Å²) in [6.45, 7) is 4.46. The summed E-state index contributed by atoms with van der Waals surface area (Å²) in [4.78, 5) is 8.98. The second-order valence-corrected chi connectivity index (χ2v) is 5.47. The van der Waals surface area contributed by atoms with E-state index in [0.29, 0.717) is 17.8 Å². The number of nitrogens with zero attached hydrogens (tertiary/aromatic N) is 2. The van der Waals surface area contributed by atoms with Crippen LogP contribution in [0.5, 0.6) is 5.88 Å². The highest BCUT2D eigenvalue weighted by molar-refractivity contribution is 5.39. The first-order valence-corrected chi connectivity index (χ1v) is 7.41. The second kappa shape index (κ2) is 6.73. The van der Waals surface area contributed by atoms with Gasteiger partial charge in [0.2, 0.25) is 5.88 Å². The maximum absolute atomic E-state index is 5.27. The van der Waals surface area contributed by atoms with Crippen LogP contribution in [0.1, 0.15) is 51.8 Å². The molecule has 1 aromatic heterocycles. The number of methoxy groups -OCH3 is 1. The predicted molar refractivity (Wildman–Crippen MR) is 77.6 cm³/mol. The molecule has 0 saturated heterocycles. The van der Waals surface area contributed by atoms with Crippen molar-refractivity contribution in [2.75, 3.05) is 12.4 Å². The van der Waals surface area contributed by atoms with Crippen LogP contribution >= 0.6 is 0 Å². The van der Waals surface area contributed by atoms with Crippen molar-refractivity contribution in [1.82, 2.24) is 9.97 Å². The highest BCUT2D eigenvalue weighted by Gasteiger charge is 2.21. The molecule has 0 aliphatic heterocycles. The lowest BCUT2D eigenvalue weighted by Gasteiger charge is -2.30. The Morgan fingerprint density at radius 1 is 1.32 bits per heavy atom. The molecule has 1 heterocycles. The zero-order chi connectivity index (χ0) is 13.7. The average molecular weight is 263 g/mol. The van der Waals surface area contributed by atoms with E-state index in [1.165, 1.54) is 25.7 Å². The minimum absolute atomic E-state index is 0.530. The Hall–Kier alpha value is -1.32. The van der Waals surface area contributed by atoms with E-state index in [4.69, 9.17) is 4.74 Å². The van der Waals surface area contributed by atoms with Crippen LogP contribution in [0.25, 0.3) is 0 Å². The molecule has 106 valence electrons. The standard InChI is InChI=1S/C15H25N3O/c1-4-7-13-17-14(10-15(18-13)19-3)16-12-9-6-5-8-11(12)2/h10-12H,4-9H2,1-3H3,(H,16,17,18). The first-order valence-electron chi connectivity index (χ1n) is 7.41. The van der Waals surface area contributed by atoms with Crippen LogP contribution in [0, 0.1) is 5.92 Å². The summed E-state index contributed by atoms with van der Waals surface area (Å²) >= 11 is 0. The smallest absolute Gasteiger partial charge is 0.218 e. The van der Waals surface area contributed by atoms with E-state index in [9.17, 15) is 0 Å². The highest BCUT2D eigenvalue weighted by Crippen LogP contribution is 2.27. The van der Waals surface area contributed by atoms with Gasteiger partial charge in [-0.15, -0.1) is 0 Å². The lowest BCUT2D eigenvalue weighted by Crippen LogP contribution is -2.30. The fraction of sp³-hybridized carbons (Fsp3) is 0.733. The summed E-state index contributed by atoms with van der Waals surface area (Å²) in [5, 5.41) is 3.57. The second-order valence-electron chi connectivity index (χ2n) is 5.47. The monoisotopic (exact) mass is 263 g/mol. The quantitative estimate of drug-likeness (QED) is 0.884. The van der Waals surface area contributed by atoms with Gasteiger partial charge in [-0.1, -0.05) is 26.7 Å². The Morgan fingerprint density at radius 3 is 2.79 bits per heavy atom. The summed E-state index contributed by atoms with van der Waals surface area (Å²) in [6.07, 6.45) is 7.15. The molecule has 4 nitrogen and oxygen atoms in total. The number of aryl methyl sites for hydroxylation is 1. The van der Waals surface area contributed by atoms with E-state index in [1.807, 2.05) is 6.07 Å². The van der Waals surface area contributed by atoms with Crippen LogP contribution < -0.4 is 10.1 Å². The van der Waals surface area contributed by atoms with Gasteiger partial charge in [0, 0.05) is 18.5 Å². The Labute approximate surface area is 116 Å². The van der Waals surface area contributed by atoms with Crippen molar-refractivity contribution >= 4 is 5.82 Å². The van der Waals surface area contributed by atoms with E-state index in [0.717, 1.165) is 24.5 Å². The van der Waals surface area contributed by atoms with Gasteiger partial charge in [0.05, 0.1) is 7.11 Å². The topological polar surface area (TPSA) is 47.0 Å². The normalized spacial score (nSPS) is 23.1. The molecular formula is C15H25N3O. The summed E-state index contributed by atoms with van der Waals surface area (Å²) in [5.41, 5.74) is 0. The molecule has 0 spiro atoms. The number of aromatic nitrogens is 2. The van der Waals surface area contributed by atoms with Gasteiger partial charge in [-0.3, -0.25) is 0 Å². The van der Waals surface area contributed by atoms with E-state index in [1.54, 1.807) is 7.11 Å². The van der Waals surface area contributed by atoms with Crippen molar-refractivity contribution in [3.05, 3.63) is 11.9 Å². The van der Waals surface area contributed by atoms with Gasteiger partial charge in [0.1, 0.15) is 11.6 Å². The summed E-state index contributed by atoms with van der Waals surface area (Å²) in [5.74, 6) is 3.15. The number of anilines is 1. The van der Waals surface area contributed by atoms with Gasteiger partial charge in [0.25, 0.3) is 0 Å². The van der Waals surface area contributed by atoms with Crippen LogP contribution in [-0.2, 0) is 6.42 Å². The molecular weight excluding hydrogens is 238 g/mol. The molecule has 0 bridgehead atoms. The number of hydrogen-bond donors (Lipinski definition) is 1. The predicted octanol–water partition coefficient (Wildman–Crippen LogP) is 3.43. The maximum Gasteiger partial charge on any atom is 0.218 e. The van der Waals surface area contributed by atoms with Gasteiger partial charge >= 0.3 is 0 Å². The van der Waals surface area contributed by atoms with E-state index >= 15 is 0 Å². The Morgan fingerprint density at radius 2 is 2.11 bits per heavy atom. The van der Waals surface area contributed by atoms with Crippen LogP contribution in [0.3, 0.4) is 0 Å². The summed E-state index contributed by atoms with van der Waals surface area (Å²) in [6, 6.07) is 2.43. The molecule has 1 aliphatic rings. The van der Waals surface area contributed by atoms with Crippen LogP contribution in [0.2, 0.25) is 0 Å². The zero-order valence-electron chi connectivity index (χ0n) is 12.3. The average Bonchev–Trinajstić information content (AvgIpc) is 2.41. The molecule has 1 N–H and O–H groups in total. The first kappa shape index (κ1) is 14.1. The molecule has 0 radical (unpaired) electrons. The van der Waals surface area contributed by atoms with Gasteiger partial charge in [-0.25, -0.2) is 4.98 Å². The fourth-order valence-corrected chi connectivity index (χ4v) is 2.71. The molecule has 1 saturated carbocycles. The lowest BCUT2D eigenvalue weighted by molar-refractivity contribution is 0.348. The van der Waals surface area contributed by atoms with Crippen molar-refractivity contribution in [2.24, 2.45) is 5.92 Å². The number of rotatable bonds is 5. The molecule has 0 aromatic carbocycles. The molecule has 1 fully saturated rings. The van der Waals surface area contributed by atoms with Gasteiger partial charge in [0.15, 0.2) is 0 Å². The largest absolute Gasteiger partial charge is 0.481 e. The van der Waals surface area contributed by atoms with Crippen LogP contribution in [0.4, 0.5) is 5.82 Å². The maximum atomic E-state index is 5.27. The molecule has 1 aliphatic carbocycles. The Balaban J connectivity index is 2.11. The van der Waals surface area contributed by atoms with Crippen molar-refractivity contribution in [3.8, 4) is 5.88 Å². The van der Waals surface area contributed by atoms with Crippen LogP contribution in [0.15, 0.2) is 6.07 Å². The molecule has 2 unspecified atom stereocenters. The zero-order valence-corrected chi connectivity index (χ0v) is 12.3. The molecule has 4 heteroatoms. The molecule has 1 aromatic rings. The van der Waals surface area contributed by atoms with E-state index < -0.39 is 0 Å². The third-order valence-corrected chi connectivity index (χ3v) is 3.88. The third kappa shape index (κ3) is 3.82. The van der Waals surface area contributed by atoms with Crippen LogP contribution in [-0.4, -0.2) is 23.1 Å². The minimum Gasteiger partial charge on any atom is -0.481 e. The highest BCUT2D eigenvalue weighted by atomic mass is 16.5. The van der Waals surface area contributed by atoms with Gasteiger partial charge in [-0.2, -0.15) is 4.98 Å². The van der Waals surface area contributed by atoms with Crippen molar-refractivity contribution in [1.29, 1.82) is 0 Å². The molecule has 2 rings (SSSR count). The van der Waals surface area contributed by atoms with Crippen molar-refractivity contribution < 1.29 is 4.74 Å². The number of ether oxygens (including phenoxy) is 1. The van der Waals surface area contributed by atoms with E-state index in [-0.39, 0.29) is 0 Å². The SMILES string of the molecule is CCCc1nc(NC2CCCCC2C)cc(OC)n1. The first-order chi connectivity index (χ1) is 9.22. The molecule has 2 atom stereocenters. The Kier molecular flexibility index (Phi) is 5.00. The molecule has 0 amide bonds. The minimum atomic E-state index is 0.530. The van der Waals surface area contributed by atoms with Gasteiger partial charge < -0.3 is 10.1 Å². The fourth-order valence-electron chi connectivity index (χ4n) is 2.71. The number of hydrogen-bond acceptors (Lipinski definition) is 4. The number of nitrogens with one attached hydrogen (secondary N) is 1. The third-order valence-electron chi connectivity index (χ3n) is 3.88. The van der Waals surface area contributed by atoms with Gasteiger partial charge in [-0.05, 0) is 25.2 Å².